The standard InChI is InChI=1S/C18H25NO3/c1-19(10-2-6-16-7-4-11-21-16)18(20)15-8-9-17-14(13-15)5-3-12-22-17/h8-9,13,16H,2-7,10-12H2,1H3/t16-/m0/s1. The van der Waals surface area contributed by atoms with Crippen LogP contribution in [-0.4, -0.2) is 43.7 Å². The quantitative estimate of drug-likeness (QED) is 0.839. The van der Waals surface area contributed by atoms with Gasteiger partial charge in [0.2, 0.25) is 0 Å². The minimum atomic E-state index is 0.0979. The highest BCUT2D eigenvalue weighted by Crippen LogP contribution is 2.26. The van der Waals surface area contributed by atoms with E-state index in [0.29, 0.717) is 6.10 Å². The van der Waals surface area contributed by atoms with Crippen LogP contribution in [0.4, 0.5) is 0 Å². The second kappa shape index (κ2) is 7.14. The van der Waals surface area contributed by atoms with Gasteiger partial charge in [0.1, 0.15) is 5.75 Å². The first kappa shape index (κ1) is 15.3. The van der Waals surface area contributed by atoms with E-state index in [9.17, 15) is 4.79 Å². The molecule has 3 rings (SSSR count). The molecule has 120 valence electrons. The van der Waals surface area contributed by atoms with Crippen LogP contribution in [0.3, 0.4) is 0 Å². The first-order chi connectivity index (χ1) is 10.7. The minimum absolute atomic E-state index is 0.0979. The van der Waals surface area contributed by atoms with Gasteiger partial charge in [-0.2, -0.15) is 0 Å². The second-order valence-electron chi connectivity index (χ2n) is 6.28. The van der Waals surface area contributed by atoms with E-state index in [1.54, 1.807) is 0 Å². The molecular formula is C18H25NO3. The third kappa shape index (κ3) is 3.61. The Bertz CT molecular complexity index is 523. The minimum Gasteiger partial charge on any atom is -0.493 e. The molecule has 2 heterocycles. The Hall–Kier alpha value is -1.55. The average Bonchev–Trinajstić information content (AvgIpc) is 3.07. The molecule has 0 saturated carbocycles. The summed E-state index contributed by atoms with van der Waals surface area (Å²) in [5.41, 5.74) is 1.92. The van der Waals surface area contributed by atoms with Gasteiger partial charge < -0.3 is 14.4 Å². The molecule has 0 unspecified atom stereocenters. The van der Waals surface area contributed by atoms with E-state index in [2.05, 4.69) is 0 Å². The van der Waals surface area contributed by atoms with Crippen LogP contribution in [0, 0.1) is 0 Å². The smallest absolute Gasteiger partial charge is 0.253 e. The van der Waals surface area contributed by atoms with Crippen molar-refractivity contribution in [2.24, 2.45) is 0 Å². The van der Waals surface area contributed by atoms with Gasteiger partial charge in [0.05, 0.1) is 12.7 Å². The zero-order chi connectivity index (χ0) is 15.4. The van der Waals surface area contributed by atoms with E-state index in [0.717, 1.165) is 62.3 Å². The zero-order valence-electron chi connectivity index (χ0n) is 13.3. The number of fused-ring (bicyclic) bond motifs is 1. The normalized spacial score (nSPS) is 20.3. The Morgan fingerprint density at radius 1 is 1.32 bits per heavy atom. The van der Waals surface area contributed by atoms with Crippen molar-refractivity contribution < 1.29 is 14.3 Å². The summed E-state index contributed by atoms with van der Waals surface area (Å²) >= 11 is 0. The Morgan fingerprint density at radius 3 is 3.05 bits per heavy atom. The summed E-state index contributed by atoms with van der Waals surface area (Å²) < 4.78 is 11.2. The molecule has 4 nitrogen and oxygen atoms in total. The molecule has 0 aromatic heterocycles. The van der Waals surface area contributed by atoms with E-state index in [1.807, 2.05) is 30.1 Å². The van der Waals surface area contributed by atoms with Crippen LogP contribution in [0.5, 0.6) is 5.75 Å². The average molecular weight is 303 g/mol. The summed E-state index contributed by atoms with van der Waals surface area (Å²) in [5, 5.41) is 0. The molecule has 1 atom stereocenters. The van der Waals surface area contributed by atoms with Crippen molar-refractivity contribution in [2.75, 3.05) is 26.8 Å². The van der Waals surface area contributed by atoms with Crippen molar-refractivity contribution in [2.45, 2.75) is 44.6 Å². The lowest BCUT2D eigenvalue weighted by Crippen LogP contribution is -2.28. The Morgan fingerprint density at radius 2 is 2.23 bits per heavy atom. The van der Waals surface area contributed by atoms with Crippen LogP contribution in [0.15, 0.2) is 18.2 Å². The lowest BCUT2D eigenvalue weighted by atomic mass is 10.0. The molecular weight excluding hydrogens is 278 g/mol. The topological polar surface area (TPSA) is 38.8 Å². The van der Waals surface area contributed by atoms with Gasteiger partial charge in [0.25, 0.3) is 5.91 Å². The van der Waals surface area contributed by atoms with Gasteiger partial charge in [0, 0.05) is 25.8 Å². The van der Waals surface area contributed by atoms with Crippen LogP contribution in [0.25, 0.3) is 0 Å². The SMILES string of the molecule is CN(CCC[C@H]1CCCO1)C(=O)c1ccc2c(c1)CCCO2. The van der Waals surface area contributed by atoms with Crippen LogP contribution >= 0.6 is 0 Å². The number of hydrogen-bond acceptors (Lipinski definition) is 3. The van der Waals surface area contributed by atoms with E-state index in [1.165, 1.54) is 12.8 Å². The van der Waals surface area contributed by atoms with Crippen LogP contribution < -0.4 is 4.74 Å². The molecule has 0 radical (unpaired) electrons. The highest BCUT2D eigenvalue weighted by Gasteiger charge is 2.18. The van der Waals surface area contributed by atoms with Gasteiger partial charge in [-0.3, -0.25) is 4.79 Å². The first-order valence-corrected chi connectivity index (χ1v) is 8.37. The molecule has 0 bridgehead atoms. The molecule has 4 heteroatoms. The Kier molecular flexibility index (Phi) is 4.98. The van der Waals surface area contributed by atoms with Crippen molar-refractivity contribution in [1.29, 1.82) is 0 Å². The first-order valence-electron chi connectivity index (χ1n) is 8.37. The number of aryl methyl sites for hydroxylation is 1. The van der Waals surface area contributed by atoms with Gasteiger partial charge in [-0.15, -0.1) is 0 Å². The lowest BCUT2D eigenvalue weighted by Gasteiger charge is -2.21. The third-order valence-electron chi connectivity index (χ3n) is 4.55. The number of ether oxygens (including phenoxy) is 2. The number of hydrogen-bond donors (Lipinski definition) is 0. The maximum Gasteiger partial charge on any atom is 0.253 e. The van der Waals surface area contributed by atoms with E-state index in [-0.39, 0.29) is 5.91 Å². The van der Waals surface area contributed by atoms with E-state index >= 15 is 0 Å². The molecule has 2 aliphatic heterocycles. The van der Waals surface area contributed by atoms with Gasteiger partial charge in [-0.1, -0.05) is 0 Å². The number of amides is 1. The molecule has 1 aromatic carbocycles. The van der Waals surface area contributed by atoms with Crippen molar-refractivity contribution >= 4 is 5.91 Å². The summed E-state index contributed by atoms with van der Waals surface area (Å²) in [6.45, 7) is 2.46. The number of carbonyl (C=O) groups excluding carboxylic acids is 1. The molecule has 1 amide bonds. The molecule has 1 aromatic rings. The highest BCUT2D eigenvalue weighted by molar-refractivity contribution is 5.94. The van der Waals surface area contributed by atoms with E-state index in [4.69, 9.17) is 9.47 Å². The number of nitrogens with zero attached hydrogens (tertiary/aromatic N) is 1. The Labute approximate surface area is 132 Å². The van der Waals surface area contributed by atoms with Gasteiger partial charge in [-0.25, -0.2) is 0 Å². The van der Waals surface area contributed by atoms with Gasteiger partial charge in [-0.05, 0) is 62.3 Å². The largest absolute Gasteiger partial charge is 0.493 e. The van der Waals surface area contributed by atoms with Crippen LogP contribution in [0.1, 0.15) is 48.0 Å². The van der Waals surface area contributed by atoms with Crippen molar-refractivity contribution in [3.63, 3.8) is 0 Å². The maximum atomic E-state index is 12.5. The Balaban J connectivity index is 1.53. The summed E-state index contributed by atoms with van der Waals surface area (Å²) in [4.78, 5) is 14.3. The maximum absolute atomic E-state index is 12.5. The molecule has 1 saturated heterocycles. The summed E-state index contributed by atoms with van der Waals surface area (Å²) in [5.74, 6) is 1.03. The molecule has 0 N–H and O–H groups in total. The van der Waals surface area contributed by atoms with Crippen molar-refractivity contribution in [3.05, 3.63) is 29.3 Å². The van der Waals surface area contributed by atoms with Crippen LogP contribution in [0.2, 0.25) is 0 Å². The lowest BCUT2D eigenvalue weighted by molar-refractivity contribution is 0.0763. The third-order valence-corrected chi connectivity index (χ3v) is 4.55. The van der Waals surface area contributed by atoms with Gasteiger partial charge in [0.15, 0.2) is 0 Å². The predicted molar refractivity (Wildman–Crippen MR) is 85.4 cm³/mol. The number of rotatable bonds is 5. The summed E-state index contributed by atoms with van der Waals surface area (Å²) in [6.07, 6.45) is 6.83. The van der Waals surface area contributed by atoms with E-state index < -0.39 is 0 Å². The molecule has 2 aliphatic rings. The summed E-state index contributed by atoms with van der Waals surface area (Å²) in [6, 6.07) is 5.80. The highest BCUT2D eigenvalue weighted by atomic mass is 16.5. The monoisotopic (exact) mass is 303 g/mol. The zero-order valence-corrected chi connectivity index (χ0v) is 13.3. The molecule has 0 aliphatic carbocycles. The number of carbonyl (C=O) groups is 1. The molecule has 1 fully saturated rings. The summed E-state index contributed by atoms with van der Waals surface area (Å²) in [7, 11) is 1.88. The predicted octanol–water partition coefficient (Wildman–Crippen LogP) is 3.04. The molecule has 22 heavy (non-hydrogen) atoms. The molecule has 0 spiro atoms. The second-order valence-corrected chi connectivity index (χ2v) is 6.28. The number of benzene rings is 1. The fourth-order valence-corrected chi connectivity index (χ4v) is 3.24. The van der Waals surface area contributed by atoms with Crippen LogP contribution in [-0.2, 0) is 11.2 Å². The van der Waals surface area contributed by atoms with Crippen molar-refractivity contribution in [3.8, 4) is 5.75 Å². The van der Waals surface area contributed by atoms with Crippen molar-refractivity contribution in [1.82, 2.24) is 4.90 Å². The van der Waals surface area contributed by atoms with Gasteiger partial charge >= 0.3 is 0 Å². The fourth-order valence-electron chi connectivity index (χ4n) is 3.24. The fraction of sp³-hybridized carbons (Fsp3) is 0.611.